The van der Waals surface area contributed by atoms with Gasteiger partial charge >= 0.3 is 0 Å². The van der Waals surface area contributed by atoms with Crippen molar-refractivity contribution in [1.82, 2.24) is 5.32 Å². The number of carbonyl (C=O) groups is 1. The molecule has 2 aromatic rings. The molecule has 0 aliphatic heterocycles. The number of carbonyl (C=O) groups excluding carboxylic acids is 1. The van der Waals surface area contributed by atoms with E-state index in [-0.39, 0.29) is 12.0 Å². The molecule has 0 radical (unpaired) electrons. The Kier molecular flexibility index (Phi) is 3.90. The largest absolute Gasteiger partial charge is 0.390 e. The molecule has 0 spiro atoms. The van der Waals surface area contributed by atoms with Gasteiger partial charge in [-0.2, -0.15) is 0 Å². The molecule has 1 aliphatic rings. The molecule has 0 saturated heterocycles. The third kappa shape index (κ3) is 2.85. The summed E-state index contributed by atoms with van der Waals surface area (Å²) in [5.41, 5.74) is 1.85. The second-order valence-corrected chi connectivity index (χ2v) is 5.43. The first-order valence-corrected chi connectivity index (χ1v) is 7.04. The molecule has 2 atom stereocenters. The number of hydrogen-bond acceptors (Lipinski definition) is 2. The van der Waals surface area contributed by atoms with E-state index in [0.29, 0.717) is 6.42 Å². The number of fused-ring (bicyclic) bond motifs is 1. The van der Waals surface area contributed by atoms with Gasteiger partial charge in [0.15, 0.2) is 0 Å². The monoisotopic (exact) mass is 303 g/mol. The zero-order chi connectivity index (χ0) is 15.7. The van der Waals surface area contributed by atoms with Crippen molar-refractivity contribution >= 4 is 5.91 Å². The molecule has 1 amide bonds. The van der Waals surface area contributed by atoms with Gasteiger partial charge in [-0.15, -0.1) is 0 Å². The van der Waals surface area contributed by atoms with Crippen molar-refractivity contribution in [2.75, 3.05) is 0 Å². The first kappa shape index (κ1) is 14.7. The van der Waals surface area contributed by atoms with Crippen molar-refractivity contribution < 1.29 is 18.7 Å². The highest BCUT2D eigenvalue weighted by atomic mass is 19.1. The van der Waals surface area contributed by atoms with Crippen LogP contribution in [0.2, 0.25) is 0 Å². The molecule has 2 N–H and O–H groups in total. The van der Waals surface area contributed by atoms with Gasteiger partial charge in [0.05, 0.1) is 18.6 Å². The molecule has 22 heavy (non-hydrogen) atoms. The van der Waals surface area contributed by atoms with Gasteiger partial charge in [0, 0.05) is 12.0 Å². The summed E-state index contributed by atoms with van der Waals surface area (Å²) in [5.74, 6) is -1.66. The Bertz CT molecular complexity index is 718. The molecule has 0 unspecified atom stereocenters. The number of nitrogens with one attached hydrogen (secondary N) is 1. The minimum absolute atomic E-state index is 0.00160. The van der Waals surface area contributed by atoms with Gasteiger partial charge in [0.25, 0.3) is 0 Å². The number of hydrogen-bond donors (Lipinski definition) is 2. The Labute approximate surface area is 126 Å². The average molecular weight is 303 g/mol. The lowest BCUT2D eigenvalue weighted by Crippen LogP contribution is -2.35. The van der Waals surface area contributed by atoms with Crippen LogP contribution in [0, 0.1) is 11.6 Å². The first-order valence-electron chi connectivity index (χ1n) is 7.04. The van der Waals surface area contributed by atoms with Crippen LogP contribution in [-0.4, -0.2) is 17.1 Å². The van der Waals surface area contributed by atoms with Gasteiger partial charge in [-0.3, -0.25) is 4.79 Å². The van der Waals surface area contributed by atoms with Crippen molar-refractivity contribution in [3.8, 4) is 0 Å². The highest BCUT2D eigenvalue weighted by molar-refractivity contribution is 5.79. The van der Waals surface area contributed by atoms with Crippen LogP contribution in [-0.2, 0) is 17.6 Å². The molecule has 3 rings (SSSR count). The number of halogens is 2. The molecule has 1 aliphatic carbocycles. The number of benzene rings is 2. The Morgan fingerprint density at radius 2 is 2.00 bits per heavy atom. The summed E-state index contributed by atoms with van der Waals surface area (Å²) in [5, 5.41) is 12.8. The topological polar surface area (TPSA) is 49.3 Å². The quantitative estimate of drug-likeness (QED) is 0.914. The van der Waals surface area contributed by atoms with Crippen molar-refractivity contribution in [3.63, 3.8) is 0 Å². The van der Waals surface area contributed by atoms with Crippen molar-refractivity contribution in [2.45, 2.75) is 25.0 Å². The van der Waals surface area contributed by atoms with Gasteiger partial charge < -0.3 is 10.4 Å². The van der Waals surface area contributed by atoms with Crippen LogP contribution >= 0.6 is 0 Å². The summed E-state index contributed by atoms with van der Waals surface area (Å²) in [6.07, 6.45) is -0.511. The summed E-state index contributed by atoms with van der Waals surface area (Å²) >= 11 is 0. The molecule has 5 heteroatoms. The maximum atomic E-state index is 13.6. The van der Waals surface area contributed by atoms with Gasteiger partial charge in [-0.25, -0.2) is 8.78 Å². The molecule has 114 valence electrons. The molecule has 0 aromatic heterocycles. The zero-order valence-electron chi connectivity index (χ0n) is 11.7. The molecular weight excluding hydrogens is 288 g/mol. The number of aliphatic hydroxyl groups excluding tert-OH is 1. The molecule has 0 heterocycles. The minimum Gasteiger partial charge on any atom is -0.390 e. The molecule has 3 nitrogen and oxygen atoms in total. The summed E-state index contributed by atoms with van der Waals surface area (Å²) in [6.45, 7) is 0. The van der Waals surface area contributed by atoms with Gasteiger partial charge in [0.1, 0.15) is 11.6 Å². The highest BCUT2D eigenvalue weighted by Crippen LogP contribution is 2.31. The van der Waals surface area contributed by atoms with E-state index in [1.807, 2.05) is 24.3 Å². The summed E-state index contributed by atoms with van der Waals surface area (Å²) in [7, 11) is 0. The van der Waals surface area contributed by atoms with Gasteiger partial charge in [-0.1, -0.05) is 24.3 Å². The maximum Gasteiger partial charge on any atom is 0.225 e. The van der Waals surface area contributed by atoms with E-state index in [2.05, 4.69) is 5.32 Å². The Morgan fingerprint density at radius 3 is 2.82 bits per heavy atom. The van der Waals surface area contributed by atoms with E-state index < -0.39 is 29.7 Å². The van der Waals surface area contributed by atoms with Crippen LogP contribution in [0.25, 0.3) is 0 Å². The van der Waals surface area contributed by atoms with Gasteiger partial charge in [0.2, 0.25) is 5.91 Å². The van der Waals surface area contributed by atoms with Crippen LogP contribution in [0.1, 0.15) is 22.7 Å². The Balaban J connectivity index is 1.73. The molecular formula is C17H15F2NO2. The van der Waals surface area contributed by atoms with Crippen molar-refractivity contribution in [1.29, 1.82) is 0 Å². The summed E-state index contributed by atoms with van der Waals surface area (Å²) in [4.78, 5) is 12.1. The smallest absolute Gasteiger partial charge is 0.225 e. The lowest BCUT2D eigenvalue weighted by Gasteiger charge is -2.18. The molecule has 0 fully saturated rings. The third-order valence-electron chi connectivity index (χ3n) is 3.88. The lowest BCUT2D eigenvalue weighted by atomic mass is 10.1. The standard InChI is InChI=1S/C17H15F2NO2/c18-12-5-6-14(19)11(7-12)9-16(22)20-17-13-4-2-1-3-10(13)8-15(17)21/h1-7,15,17,21H,8-9H2,(H,20,22)/t15-,17+/m1/s1. The number of rotatable bonds is 3. The molecule has 0 saturated carbocycles. The zero-order valence-corrected chi connectivity index (χ0v) is 11.7. The van der Waals surface area contributed by atoms with Crippen LogP contribution < -0.4 is 5.32 Å². The van der Waals surface area contributed by atoms with Crippen molar-refractivity contribution in [2.24, 2.45) is 0 Å². The van der Waals surface area contributed by atoms with Crippen molar-refractivity contribution in [3.05, 3.63) is 70.8 Å². The number of amides is 1. The highest BCUT2D eigenvalue weighted by Gasteiger charge is 2.31. The minimum atomic E-state index is -0.710. The van der Waals surface area contributed by atoms with E-state index in [1.54, 1.807) is 0 Å². The average Bonchev–Trinajstić information content (AvgIpc) is 2.79. The summed E-state index contributed by atoms with van der Waals surface area (Å²) in [6, 6.07) is 9.95. The SMILES string of the molecule is O=C(Cc1cc(F)ccc1F)N[C@H]1c2ccccc2C[C@H]1O. The van der Waals surface area contributed by atoms with Crippen LogP contribution in [0.4, 0.5) is 8.78 Å². The van der Waals surface area contributed by atoms with E-state index in [9.17, 15) is 18.7 Å². The predicted molar refractivity (Wildman–Crippen MR) is 77.1 cm³/mol. The fourth-order valence-corrected chi connectivity index (χ4v) is 2.82. The van der Waals surface area contributed by atoms with E-state index >= 15 is 0 Å². The predicted octanol–water partition coefficient (Wildman–Crippen LogP) is 2.28. The van der Waals surface area contributed by atoms with E-state index in [1.165, 1.54) is 0 Å². The van der Waals surface area contributed by atoms with Crippen LogP contribution in [0.5, 0.6) is 0 Å². The van der Waals surface area contributed by atoms with E-state index in [4.69, 9.17) is 0 Å². The third-order valence-corrected chi connectivity index (χ3v) is 3.88. The number of aliphatic hydroxyl groups is 1. The lowest BCUT2D eigenvalue weighted by molar-refractivity contribution is -0.122. The first-order chi connectivity index (χ1) is 10.5. The normalized spacial score (nSPS) is 19.8. The van der Waals surface area contributed by atoms with Crippen LogP contribution in [0.15, 0.2) is 42.5 Å². The fourth-order valence-electron chi connectivity index (χ4n) is 2.82. The Hall–Kier alpha value is -2.27. The fraction of sp³-hybridized carbons (Fsp3) is 0.235. The second kappa shape index (κ2) is 5.85. The molecule has 2 aromatic carbocycles. The Morgan fingerprint density at radius 1 is 1.23 bits per heavy atom. The maximum absolute atomic E-state index is 13.6. The second-order valence-electron chi connectivity index (χ2n) is 5.43. The van der Waals surface area contributed by atoms with E-state index in [0.717, 1.165) is 29.3 Å². The molecule has 0 bridgehead atoms. The summed E-state index contributed by atoms with van der Waals surface area (Å²) < 4.78 is 26.7. The van der Waals surface area contributed by atoms with Gasteiger partial charge in [-0.05, 0) is 29.3 Å². The van der Waals surface area contributed by atoms with Crippen LogP contribution in [0.3, 0.4) is 0 Å².